The minimum atomic E-state index is -1.12. The monoisotopic (exact) mass is 185 g/mol. The van der Waals surface area contributed by atoms with Crippen LogP contribution in [-0.2, 0) is 9.53 Å². The van der Waals surface area contributed by atoms with Crippen molar-refractivity contribution in [3.05, 3.63) is 0 Å². The normalized spacial score (nSPS) is 8.62. The number of aliphatic carboxylic acids is 1. The van der Waals surface area contributed by atoms with E-state index in [1.54, 1.807) is 6.92 Å². The molecule has 0 saturated carbocycles. The predicted molar refractivity (Wildman–Crippen MR) is 45.1 cm³/mol. The average molecular weight is 185 g/mol. The molecule has 0 rings (SSSR count). The highest BCUT2D eigenvalue weighted by Crippen LogP contribution is 1.93. The molecule has 0 saturated heterocycles. The fraction of sp³-hybridized carbons (Fsp3) is 0.500. The van der Waals surface area contributed by atoms with Gasteiger partial charge < -0.3 is 9.84 Å². The molecular weight excluding hydrogens is 174 g/mol. The van der Waals surface area contributed by atoms with E-state index < -0.39 is 18.6 Å². The molecule has 13 heavy (non-hydrogen) atoms. The minimum absolute atomic E-state index is 0.0644. The number of carbonyl (C=O) groups is 2. The summed E-state index contributed by atoms with van der Waals surface area (Å²) < 4.78 is 4.59. The van der Waals surface area contributed by atoms with Crippen LogP contribution in [0.3, 0.4) is 0 Å². The Balaban J connectivity index is 4.16. The van der Waals surface area contributed by atoms with E-state index in [1.165, 1.54) is 0 Å². The number of hydrogen-bond acceptors (Lipinski definition) is 3. The van der Waals surface area contributed by atoms with Gasteiger partial charge in [-0.05, 0) is 6.92 Å². The molecule has 0 aromatic rings. The second-order valence-corrected chi connectivity index (χ2v) is 2.15. The third-order valence-electron chi connectivity index (χ3n) is 1.13. The standard InChI is InChI=1S/C8H11NO4/c1-3-5-9(6-7(10)11)8(12)13-4-2/h1H,4-6H2,2H3,(H,10,11). The van der Waals surface area contributed by atoms with Crippen molar-refractivity contribution >= 4 is 12.1 Å². The molecule has 1 N–H and O–H groups in total. The van der Waals surface area contributed by atoms with Gasteiger partial charge >= 0.3 is 12.1 Å². The molecule has 1 amide bonds. The molecule has 5 nitrogen and oxygen atoms in total. The van der Waals surface area contributed by atoms with Crippen LogP contribution in [0.2, 0.25) is 0 Å². The first-order chi connectivity index (χ1) is 6.11. The summed E-state index contributed by atoms with van der Waals surface area (Å²) in [7, 11) is 0. The quantitative estimate of drug-likeness (QED) is 0.633. The van der Waals surface area contributed by atoms with Gasteiger partial charge in [-0.25, -0.2) is 4.79 Å². The van der Waals surface area contributed by atoms with Gasteiger partial charge in [-0.2, -0.15) is 0 Å². The molecule has 0 bridgehead atoms. The van der Waals surface area contributed by atoms with Crippen LogP contribution in [0, 0.1) is 12.3 Å². The van der Waals surface area contributed by atoms with Gasteiger partial charge in [0.15, 0.2) is 0 Å². The van der Waals surface area contributed by atoms with Crippen LogP contribution in [-0.4, -0.2) is 41.8 Å². The maximum absolute atomic E-state index is 11.0. The van der Waals surface area contributed by atoms with Crippen molar-refractivity contribution in [1.82, 2.24) is 4.90 Å². The summed E-state index contributed by atoms with van der Waals surface area (Å²) in [6.45, 7) is 1.32. The summed E-state index contributed by atoms with van der Waals surface area (Å²) in [4.78, 5) is 22.2. The van der Waals surface area contributed by atoms with Crippen molar-refractivity contribution in [2.45, 2.75) is 6.92 Å². The van der Waals surface area contributed by atoms with Crippen molar-refractivity contribution in [3.8, 4) is 12.3 Å². The molecule has 0 atom stereocenters. The van der Waals surface area contributed by atoms with Crippen LogP contribution in [0.4, 0.5) is 4.79 Å². The van der Waals surface area contributed by atoms with Gasteiger partial charge in [0.05, 0.1) is 13.2 Å². The highest BCUT2D eigenvalue weighted by molar-refractivity contribution is 5.76. The lowest BCUT2D eigenvalue weighted by molar-refractivity contribution is -0.137. The minimum Gasteiger partial charge on any atom is -0.480 e. The summed E-state index contributed by atoms with van der Waals surface area (Å²) in [6, 6.07) is 0. The molecule has 0 aromatic carbocycles. The zero-order valence-electron chi connectivity index (χ0n) is 7.32. The zero-order valence-corrected chi connectivity index (χ0v) is 7.32. The number of carboxylic acid groups (broad SMARTS) is 1. The molecule has 0 aliphatic heterocycles. The van der Waals surface area contributed by atoms with Crippen molar-refractivity contribution < 1.29 is 19.4 Å². The first kappa shape index (κ1) is 11.3. The number of terminal acetylenes is 1. The van der Waals surface area contributed by atoms with Crippen LogP contribution >= 0.6 is 0 Å². The zero-order chi connectivity index (χ0) is 10.3. The van der Waals surface area contributed by atoms with Gasteiger partial charge in [-0.15, -0.1) is 6.42 Å². The second-order valence-electron chi connectivity index (χ2n) is 2.15. The molecule has 0 aliphatic rings. The summed E-state index contributed by atoms with van der Waals surface area (Å²) in [5.41, 5.74) is 0. The highest BCUT2D eigenvalue weighted by Gasteiger charge is 2.15. The van der Waals surface area contributed by atoms with Crippen LogP contribution in [0.5, 0.6) is 0 Å². The molecule has 0 aliphatic carbocycles. The molecule has 0 radical (unpaired) electrons. The van der Waals surface area contributed by atoms with E-state index in [9.17, 15) is 9.59 Å². The number of amides is 1. The van der Waals surface area contributed by atoms with Crippen LogP contribution in [0.1, 0.15) is 6.92 Å². The third kappa shape index (κ3) is 4.69. The van der Waals surface area contributed by atoms with E-state index in [2.05, 4.69) is 10.7 Å². The lowest BCUT2D eigenvalue weighted by Gasteiger charge is -2.16. The number of rotatable bonds is 4. The molecule has 0 heterocycles. The molecule has 72 valence electrons. The maximum atomic E-state index is 11.0. The molecular formula is C8H11NO4. The number of carboxylic acids is 1. The number of ether oxygens (including phenoxy) is 1. The topological polar surface area (TPSA) is 66.8 Å². The fourth-order valence-electron chi connectivity index (χ4n) is 0.673. The van der Waals surface area contributed by atoms with Crippen LogP contribution < -0.4 is 0 Å². The van der Waals surface area contributed by atoms with E-state index in [-0.39, 0.29) is 13.2 Å². The molecule has 5 heteroatoms. The number of hydrogen-bond donors (Lipinski definition) is 1. The summed E-state index contributed by atoms with van der Waals surface area (Å²) in [6.07, 6.45) is 4.24. The Kier molecular flexibility index (Phi) is 5.12. The SMILES string of the molecule is C#CCN(CC(=O)O)C(=O)OCC. The fourth-order valence-corrected chi connectivity index (χ4v) is 0.673. The largest absolute Gasteiger partial charge is 0.480 e. The predicted octanol–water partition coefficient (Wildman–Crippen LogP) is 0.163. The van der Waals surface area contributed by atoms with E-state index in [1.807, 2.05) is 0 Å². The smallest absolute Gasteiger partial charge is 0.411 e. The highest BCUT2D eigenvalue weighted by atomic mass is 16.6. The average Bonchev–Trinajstić information content (AvgIpc) is 2.03. The first-order valence-corrected chi connectivity index (χ1v) is 3.68. The van der Waals surface area contributed by atoms with E-state index >= 15 is 0 Å². The number of carbonyl (C=O) groups excluding carboxylic acids is 1. The van der Waals surface area contributed by atoms with Gasteiger partial charge in [0.1, 0.15) is 6.54 Å². The summed E-state index contributed by atoms with van der Waals surface area (Å²) in [5.74, 6) is 1.05. The summed E-state index contributed by atoms with van der Waals surface area (Å²) in [5, 5.41) is 8.41. The lowest BCUT2D eigenvalue weighted by atomic mass is 10.5. The van der Waals surface area contributed by atoms with E-state index in [0.717, 1.165) is 4.90 Å². The second kappa shape index (κ2) is 5.89. The Hall–Kier alpha value is -1.70. The number of nitrogens with zero attached hydrogens (tertiary/aromatic N) is 1. The van der Waals surface area contributed by atoms with E-state index in [0.29, 0.717) is 0 Å². The van der Waals surface area contributed by atoms with Crippen LogP contribution in [0.25, 0.3) is 0 Å². The maximum Gasteiger partial charge on any atom is 0.411 e. The molecule has 0 unspecified atom stereocenters. The van der Waals surface area contributed by atoms with Crippen molar-refractivity contribution in [2.75, 3.05) is 19.7 Å². The molecule has 0 spiro atoms. The Morgan fingerprint density at radius 1 is 1.62 bits per heavy atom. The van der Waals surface area contributed by atoms with Gasteiger partial charge in [-0.1, -0.05) is 5.92 Å². The van der Waals surface area contributed by atoms with Crippen molar-refractivity contribution in [1.29, 1.82) is 0 Å². The van der Waals surface area contributed by atoms with Crippen molar-refractivity contribution in [3.63, 3.8) is 0 Å². The Labute approximate surface area is 76.3 Å². The molecule has 0 aromatic heterocycles. The Morgan fingerprint density at radius 2 is 2.23 bits per heavy atom. The first-order valence-electron chi connectivity index (χ1n) is 3.68. The van der Waals surface area contributed by atoms with Gasteiger partial charge in [0.25, 0.3) is 0 Å². The van der Waals surface area contributed by atoms with Gasteiger partial charge in [-0.3, -0.25) is 9.69 Å². The van der Waals surface area contributed by atoms with Crippen LogP contribution in [0.15, 0.2) is 0 Å². The lowest BCUT2D eigenvalue weighted by Crippen LogP contribution is -2.36. The third-order valence-corrected chi connectivity index (χ3v) is 1.13. The summed E-state index contributed by atoms with van der Waals surface area (Å²) >= 11 is 0. The van der Waals surface area contributed by atoms with Gasteiger partial charge in [0.2, 0.25) is 0 Å². The van der Waals surface area contributed by atoms with Gasteiger partial charge in [0, 0.05) is 0 Å². The van der Waals surface area contributed by atoms with E-state index in [4.69, 9.17) is 11.5 Å². The Bertz CT molecular complexity index is 231. The molecule has 0 fully saturated rings. The Morgan fingerprint density at radius 3 is 2.62 bits per heavy atom. The van der Waals surface area contributed by atoms with Crippen molar-refractivity contribution in [2.24, 2.45) is 0 Å².